The van der Waals surface area contributed by atoms with E-state index in [1.54, 1.807) is 18.3 Å². The predicted molar refractivity (Wildman–Crippen MR) is 111 cm³/mol. The number of pyridine rings is 1. The van der Waals surface area contributed by atoms with Gasteiger partial charge in [-0.3, -0.25) is 4.40 Å². The van der Waals surface area contributed by atoms with Crippen LogP contribution in [-0.2, 0) is 6.61 Å². The standard InChI is InChI=1S/C22H22FN5O/c1-22(2,3)27-21-24-10-8-17(25-21)20-19(15-4-6-16(23)7-5-15)26-18-12-14(13-29)9-11-28(18)20/h4-12,29H,13H2,1-3H3,(H,24,25,27). The Morgan fingerprint density at radius 3 is 2.52 bits per heavy atom. The molecule has 6 nitrogen and oxygen atoms in total. The Kier molecular flexibility index (Phi) is 4.76. The van der Waals surface area contributed by atoms with Crippen LogP contribution in [0.25, 0.3) is 28.3 Å². The van der Waals surface area contributed by atoms with Crippen LogP contribution in [0.2, 0.25) is 0 Å². The second kappa shape index (κ2) is 7.25. The first kappa shape index (κ1) is 19.0. The summed E-state index contributed by atoms with van der Waals surface area (Å²) >= 11 is 0. The van der Waals surface area contributed by atoms with E-state index in [9.17, 15) is 9.50 Å². The number of hydrogen-bond acceptors (Lipinski definition) is 5. The van der Waals surface area contributed by atoms with E-state index in [2.05, 4.69) is 10.3 Å². The molecule has 0 unspecified atom stereocenters. The molecule has 3 heterocycles. The number of rotatable bonds is 4. The highest BCUT2D eigenvalue weighted by Crippen LogP contribution is 2.32. The minimum Gasteiger partial charge on any atom is -0.392 e. The number of aliphatic hydroxyl groups excluding tert-OH is 1. The van der Waals surface area contributed by atoms with Crippen molar-refractivity contribution in [3.63, 3.8) is 0 Å². The number of aliphatic hydroxyl groups is 1. The molecule has 0 atom stereocenters. The van der Waals surface area contributed by atoms with Crippen LogP contribution >= 0.6 is 0 Å². The van der Waals surface area contributed by atoms with Gasteiger partial charge in [0, 0.05) is 23.5 Å². The van der Waals surface area contributed by atoms with Crippen LogP contribution in [0.5, 0.6) is 0 Å². The molecule has 2 N–H and O–H groups in total. The van der Waals surface area contributed by atoms with E-state index in [0.717, 1.165) is 16.8 Å². The zero-order chi connectivity index (χ0) is 20.6. The lowest BCUT2D eigenvalue weighted by Gasteiger charge is -2.20. The lowest BCUT2D eigenvalue weighted by Crippen LogP contribution is -2.27. The van der Waals surface area contributed by atoms with Crippen molar-refractivity contribution >= 4 is 11.6 Å². The van der Waals surface area contributed by atoms with Gasteiger partial charge in [-0.15, -0.1) is 0 Å². The molecule has 0 saturated carbocycles. The third kappa shape index (κ3) is 3.95. The number of nitrogens with zero attached hydrogens (tertiary/aromatic N) is 4. The number of imidazole rings is 1. The van der Waals surface area contributed by atoms with Crippen LogP contribution in [0.3, 0.4) is 0 Å². The molecule has 0 saturated heterocycles. The van der Waals surface area contributed by atoms with Crippen LogP contribution in [0.4, 0.5) is 10.3 Å². The van der Waals surface area contributed by atoms with Crippen LogP contribution < -0.4 is 5.32 Å². The predicted octanol–water partition coefficient (Wildman–Crippen LogP) is 4.30. The van der Waals surface area contributed by atoms with E-state index in [4.69, 9.17) is 9.97 Å². The number of benzene rings is 1. The molecular formula is C22H22FN5O. The van der Waals surface area contributed by atoms with Gasteiger partial charge in [0.15, 0.2) is 0 Å². The Morgan fingerprint density at radius 1 is 1.07 bits per heavy atom. The summed E-state index contributed by atoms with van der Waals surface area (Å²) in [5.41, 5.74) is 4.17. The monoisotopic (exact) mass is 391 g/mol. The van der Waals surface area contributed by atoms with E-state index in [0.29, 0.717) is 23.0 Å². The third-order valence-electron chi connectivity index (χ3n) is 4.38. The molecule has 1 aromatic carbocycles. The maximum absolute atomic E-state index is 13.5. The van der Waals surface area contributed by atoms with E-state index in [-0.39, 0.29) is 18.0 Å². The van der Waals surface area contributed by atoms with Gasteiger partial charge in [0.05, 0.1) is 23.7 Å². The smallest absolute Gasteiger partial charge is 0.223 e. The second-order valence-electron chi connectivity index (χ2n) is 7.88. The van der Waals surface area contributed by atoms with Crippen molar-refractivity contribution in [1.29, 1.82) is 0 Å². The topological polar surface area (TPSA) is 75.3 Å². The fourth-order valence-corrected chi connectivity index (χ4v) is 3.13. The van der Waals surface area contributed by atoms with Gasteiger partial charge in [-0.1, -0.05) is 0 Å². The maximum Gasteiger partial charge on any atom is 0.223 e. The van der Waals surface area contributed by atoms with Crippen LogP contribution in [0.1, 0.15) is 26.3 Å². The van der Waals surface area contributed by atoms with Gasteiger partial charge < -0.3 is 10.4 Å². The number of aromatic nitrogens is 4. The van der Waals surface area contributed by atoms with Gasteiger partial charge in [-0.25, -0.2) is 19.3 Å². The quantitative estimate of drug-likeness (QED) is 0.542. The number of halogens is 1. The Hall–Kier alpha value is -3.32. The average Bonchev–Trinajstić information content (AvgIpc) is 3.06. The number of nitrogens with one attached hydrogen (secondary N) is 1. The Balaban J connectivity index is 1.93. The summed E-state index contributed by atoms with van der Waals surface area (Å²) in [6, 6.07) is 11.7. The van der Waals surface area contributed by atoms with Gasteiger partial charge in [0.1, 0.15) is 11.5 Å². The fraction of sp³-hybridized carbons (Fsp3) is 0.227. The number of fused-ring (bicyclic) bond motifs is 1. The van der Waals surface area contributed by atoms with Gasteiger partial charge >= 0.3 is 0 Å². The van der Waals surface area contributed by atoms with Crippen molar-refractivity contribution < 1.29 is 9.50 Å². The SMILES string of the molecule is CC(C)(C)Nc1nccc(-c2c(-c3ccc(F)cc3)nc3cc(CO)ccn23)n1. The summed E-state index contributed by atoms with van der Waals surface area (Å²) in [6.45, 7) is 6.05. The normalized spacial score (nSPS) is 11.8. The molecule has 0 fully saturated rings. The molecule has 7 heteroatoms. The minimum absolute atomic E-state index is 0.0717. The molecule has 4 aromatic rings. The van der Waals surface area contributed by atoms with Gasteiger partial charge in [-0.2, -0.15) is 0 Å². The van der Waals surface area contributed by atoms with E-state index < -0.39 is 0 Å². The maximum atomic E-state index is 13.5. The van der Waals surface area contributed by atoms with Crippen LogP contribution in [0.15, 0.2) is 54.9 Å². The van der Waals surface area contributed by atoms with Crippen molar-refractivity contribution in [2.75, 3.05) is 5.32 Å². The zero-order valence-corrected chi connectivity index (χ0v) is 16.5. The summed E-state index contributed by atoms with van der Waals surface area (Å²) in [7, 11) is 0. The Labute approximate surface area is 168 Å². The summed E-state index contributed by atoms with van der Waals surface area (Å²) < 4.78 is 15.4. The molecule has 0 aliphatic carbocycles. The first-order chi connectivity index (χ1) is 13.8. The highest BCUT2D eigenvalue weighted by molar-refractivity contribution is 5.80. The molecule has 29 heavy (non-hydrogen) atoms. The molecule has 0 spiro atoms. The summed E-state index contributed by atoms with van der Waals surface area (Å²) in [5, 5.41) is 12.8. The van der Waals surface area contributed by atoms with Gasteiger partial charge in [0.25, 0.3) is 0 Å². The van der Waals surface area contributed by atoms with Crippen molar-refractivity contribution in [2.45, 2.75) is 32.9 Å². The van der Waals surface area contributed by atoms with Crippen molar-refractivity contribution in [2.24, 2.45) is 0 Å². The highest BCUT2D eigenvalue weighted by atomic mass is 19.1. The molecule has 0 amide bonds. The molecule has 0 aliphatic rings. The lowest BCUT2D eigenvalue weighted by atomic mass is 10.1. The lowest BCUT2D eigenvalue weighted by molar-refractivity contribution is 0.282. The highest BCUT2D eigenvalue weighted by Gasteiger charge is 2.19. The zero-order valence-electron chi connectivity index (χ0n) is 16.5. The van der Waals surface area contributed by atoms with Gasteiger partial charge in [-0.05, 0) is 68.8 Å². The molecule has 3 aromatic heterocycles. The van der Waals surface area contributed by atoms with E-state index in [1.807, 2.05) is 49.6 Å². The second-order valence-corrected chi connectivity index (χ2v) is 7.88. The Bertz CT molecular complexity index is 1160. The van der Waals surface area contributed by atoms with Crippen LogP contribution in [-0.4, -0.2) is 30.0 Å². The van der Waals surface area contributed by atoms with E-state index >= 15 is 0 Å². The largest absolute Gasteiger partial charge is 0.392 e. The average molecular weight is 391 g/mol. The first-order valence-electron chi connectivity index (χ1n) is 9.33. The van der Waals surface area contributed by atoms with Crippen molar-refractivity contribution in [1.82, 2.24) is 19.4 Å². The summed E-state index contributed by atoms with van der Waals surface area (Å²) in [4.78, 5) is 13.8. The minimum atomic E-state index is -0.305. The van der Waals surface area contributed by atoms with Crippen molar-refractivity contribution in [3.05, 3.63) is 66.2 Å². The van der Waals surface area contributed by atoms with Crippen LogP contribution in [0, 0.1) is 5.82 Å². The van der Waals surface area contributed by atoms with Gasteiger partial charge in [0.2, 0.25) is 5.95 Å². The molecule has 0 bridgehead atoms. The fourth-order valence-electron chi connectivity index (χ4n) is 3.13. The molecule has 4 rings (SSSR count). The molecule has 0 radical (unpaired) electrons. The molecule has 0 aliphatic heterocycles. The summed E-state index contributed by atoms with van der Waals surface area (Å²) in [5.74, 6) is 0.210. The Morgan fingerprint density at radius 2 is 1.83 bits per heavy atom. The van der Waals surface area contributed by atoms with E-state index in [1.165, 1.54) is 12.1 Å². The molecule has 148 valence electrons. The molecular weight excluding hydrogens is 369 g/mol. The third-order valence-corrected chi connectivity index (χ3v) is 4.38. The number of hydrogen-bond donors (Lipinski definition) is 2. The number of anilines is 1. The first-order valence-corrected chi connectivity index (χ1v) is 9.33. The van der Waals surface area contributed by atoms with Crippen molar-refractivity contribution in [3.8, 4) is 22.6 Å². The summed E-state index contributed by atoms with van der Waals surface area (Å²) in [6.07, 6.45) is 3.56.